The van der Waals surface area contributed by atoms with Crippen molar-refractivity contribution in [3.05, 3.63) is 77.3 Å². The minimum absolute atomic E-state index is 0.100. The minimum Gasteiger partial charge on any atom is -0.494 e. The van der Waals surface area contributed by atoms with Gasteiger partial charge in [-0.3, -0.25) is 0 Å². The van der Waals surface area contributed by atoms with Gasteiger partial charge in [0, 0.05) is 30.3 Å². The molecule has 2 aromatic heterocycles. The molecule has 1 aliphatic carbocycles. The van der Waals surface area contributed by atoms with Gasteiger partial charge in [0.05, 0.1) is 12.8 Å². The summed E-state index contributed by atoms with van der Waals surface area (Å²) in [5.74, 6) is 2.56. The lowest BCUT2D eigenvalue weighted by molar-refractivity contribution is 0.411. The van der Waals surface area contributed by atoms with E-state index in [1.807, 2.05) is 44.3 Å². The first-order chi connectivity index (χ1) is 16.1. The molecule has 2 N–H and O–H groups in total. The number of aromatic nitrogens is 5. The number of ether oxygens (including phenoxy) is 1. The van der Waals surface area contributed by atoms with E-state index in [4.69, 9.17) is 9.72 Å². The first-order valence-electron chi connectivity index (χ1n) is 10.7. The average molecular weight is 446 g/mol. The van der Waals surface area contributed by atoms with Gasteiger partial charge in [0.25, 0.3) is 0 Å². The van der Waals surface area contributed by atoms with E-state index < -0.39 is 0 Å². The zero-order chi connectivity index (χ0) is 22.9. The topological polar surface area (TPSA) is 89.8 Å². The Balaban J connectivity index is 1.49. The Morgan fingerprint density at radius 1 is 1.12 bits per heavy atom. The van der Waals surface area contributed by atoms with Crippen LogP contribution in [0.4, 0.5) is 21.8 Å². The summed E-state index contributed by atoms with van der Waals surface area (Å²) in [4.78, 5) is 13.7. The predicted molar refractivity (Wildman–Crippen MR) is 124 cm³/mol. The van der Waals surface area contributed by atoms with Crippen molar-refractivity contribution >= 4 is 17.5 Å². The van der Waals surface area contributed by atoms with Gasteiger partial charge in [-0.25, -0.2) is 19.0 Å². The summed E-state index contributed by atoms with van der Waals surface area (Å²) in [7, 11) is 3.48. The van der Waals surface area contributed by atoms with Crippen molar-refractivity contribution in [2.75, 3.05) is 24.8 Å². The van der Waals surface area contributed by atoms with Crippen molar-refractivity contribution < 1.29 is 9.13 Å². The molecule has 2 heterocycles. The van der Waals surface area contributed by atoms with E-state index in [2.05, 4.69) is 25.7 Å². The van der Waals surface area contributed by atoms with Gasteiger partial charge in [0.2, 0.25) is 5.95 Å². The highest BCUT2D eigenvalue weighted by Gasteiger charge is 2.29. The maximum atomic E-state index is 13.4. The molecule has 0 bridgehead atoms. The Morgan fingerprint density at radius 2 is 1.94 bits per heavy atom. The number of nitrogens with one attached hydrogen (secondary N) is 2. The van der Waals surface area contributed by atoms with E-state index >= 15 is 0 Å². The van der Waals surface area contributed by atoms with Gasteiger partial charge < -0.3 is 15.4 Å². The van der Waals surface area contributed by atoms with Gasteiger partial charge in [-0.05, 0) is 49.6 Å². The molecule has 4 aromatic rings. The molecule has 0 saturated carbocycles. The Labute approximate surface area is 190 Å². The van der Waals surface area contributed by atoms with Crippen LogP contribution >= 0.6 is 0 Å². The van der Waals surface area contributed by atoms with Crippen molar-refractivity contribution in [2.45, 2.75) is 25.7 Å². The first kappa shape index (κ1) is 20.9. The van der Waals surface area contributed by atoms with Crippen molar-refractivity contribution in [2.24, 2.45) is 0 Å². The molecule has 8 nitrogen and oxygen atoms in total. The second-order valence-corrected chi connectivity index (χ2v) is 7.88. The van der Waals surface area contributed by atoms with Crippen LogP contribution in [0, 0.1) is 12.7 Å². The molecule has 0 unspecified atom stereocenters. The second-order valence-electron chi connectivity index (χ2n) is 7.88. The average Bonchev–Trinajstić information content (AvgIpc) is 3.45. The third-order valence-corrected chi connectivity index (χ3v) is 5.94. The molecular weight excluding hydrogens is 421 g/mol. The standard InChI is InChI=1S/C24H24FN7O/c1-14-27-13-28-32(14)20-11-8-17(12-21(20)33-3)29-24-30-22-18(15-4-6-16(25)7-5-15)9-10-19(22)23(26-2)31-24/h4-8,11-13,18H,9-10H2,1-3H3,(H2,26,29,30,31)/t18-/m1/s1. The number of benzene rings is 2. The number of aryl methyl sites for hydroxylation is 1. The zero-order valence-corrected chi connectivity index (χ0v) is 18.6. The van der Waals surface area contributed by atoms with Gasteiger partial charge in [-0.15, -0.1) is 0 Å². The Hall–Kier alpha value is -4.01. The summed E-state index contributed by atoms with van der Waals surface area (Å²) in [6.45, 7) is 1.88. The summed E-state index contributed by atoms with van der Waals surface area (Å²) >= 11 is 0. The van der Waals surface area contributed by atoms with Gasteiger partial charge in [0.15, 0.2) is 0 Å². The molecule has 0 saturated heterocycles. The third-order valence-electron chi connectivity index (χ3n) is 5.94. The maximum Gasteiger partial charge on any atom is 0.229 e. The smallest absolute Gasteiger partial charge is 0.229 e. The fourth-order valence-corrected chi connectivity index (χ4v) is 4.34. The molecule has 0 radical (unpaired) electrons. The van der Waals surface area contributed by atoms with Gasteiger partial charge in [-0.1, -0.05) is 12.1 Å². The Bertz CT molecular complexity index is 1300. The van der Waals surface area contributed by atoms with Crippen LogP contribution in [0.2, 0.25) is 0 Å². The number of anilines is 3. The number of fused-ring (bicyclic) bond motifs is 1. The van der Waals surface area contributed by atoms with E-state index in [9.17, 15) is 4.39 Å². The lowest BCUT2D eigenvalue weighted by Crippen LogP contribution is -2.08. The van der Waals surface area contributed by atoms with Crippen LogP contribution in [-0.2, 0) is 6.42 Å². The minimum atomic E-state index is -0.239. The highest BCUT2D eigenvalue weighted by atomic mass is 19.1. The van der Waals surface area contributed by atoms with Crippen LogP contribution in [0.1, 0.15) is 35.0 Å². The number of halogens is 1. The van der Waals surface area contributed by atoms with Gasteiger partial charge >= 0.3 is 0 Å². The zero-order valence-electron chi connectivity index (χ0n) is 18.6. The largest absolute Gasteiger partial charge is 0.494 e. The van der Waals surface area contributed by atoms with E-state index in [0.29, 0.717) is 11.7 Å². The molecule has 168 valence electrons. The molecule has 5 rings (SSSR count). The number of hydrogen-bond acceptors (Lipinski definition) is 7. The summed E-state index contributed by atoms with van der Waals surface area (Å²) in [6.07, 6.45) is 3.29. The monoisotopic (exact) mass is 445 g/mol. The Morgan fingerprint density at radius 3 is 2.64 bits per heavy atom. The summed E-state index contributed by atoms with van der Waals surface area (Å²) in [5, 5.41) is 10.8. The van der Waals surface area contributed by atoms with Crippen LogP contribution < -0.4 is 15.4 Å². The highest BCUT2D eigenvalue weighted by Crippen LogP contribution is 2.40. The molecule has 1 atom stereocenters. The number of rotatable bonds is 6. The first-order valence-corrected chi connectivity index (χ1v) is 10.7. The van der Waals surface area contributed by atoms with Crippen LogP contribution in [0.3, 0.4) is 0 Å². The summed E-state index contributed by atoms with van der Waals surface area (Å²) in [5.41, 5.74) is 4.69. The molecule has 0 amide bonds. The fraction of sp³-hybridized carbons (Fsp3) is 0.250. The highest BCUT2D eigenvalue weighted by molar-refractivity contribution is 5.64. The van der Waals surface area contributed by atoms with Crippen LogP contribution in [0.25, 0.3) is 5.69 Å². The molecular formula is C24H24FN7O. The number of nitrogens with zero attached hydrogens (tertiary/aromatic N) is 5. The van der Waals surface area contributed by atoms with Crippen molar-refractivity contribution in [1.82, 2.24) is 24.7 Å². The van der Waals surface area contributed by atoms with E-state index in [1.165, 1.54) is 18.5 Å². The number of methoxy groups -OCH3 is 1. The molecule has 1 aliphatic rings. The maximum absolute atomic E-state index is 13.4. The van der Waals surface area contributed by atoms with Crippen LogP contribution in [-0.4, -0.2) is 38.9 Å². The molecule has 2 aromatic carbocycles. The quantitative estimate of drug-likeness (QED) is 0.455. The van der Waals surface area contributed by atoms with Crippen LogP contribution in [0.15, 0.2) is 48.8 Å². The molecule has 0 spiro atoms. The molecule has 0 fully saturated rings. The normalized spacial score (nSPS) is 14.7. The molecule has 33 heavy (non-hydrogen) atoms. The lowest BCUT2D eigenvalue weighted by atomic mass is 9.97. The SMILES string of the molecule is CNc1nc(Nc2ccc(-n3ncnc3C)c(OC)c2)nc2c1CC[C@@H]2c1ccc(F)cc1. The van der Waals surface area contributed by atoms with E-state index in [1.54, 1.807) is 11.8 Å². The second kappa shape index (κ2) is 8.50. The molecule has 0 aliphatic heterocycles. The van der Waals surface area contributed by atoms with Gasteiger partial charge in [-0.2, -0.15) is 10.1 Å². The Kier molecular flexibility index (Phi) is 5.37. The van der Waals surface area contributed by atoms with E-state index in [-0.39, 0.29) is 11.7 Å². The third kappa shape index (κ3) is 3.86. The van der Waals surface area contributed by atoms with Crippen molar-refractivity contribution in [1.29, 1.82) is 0 Å². The lowest BCUT2D eigenvalue weighted by Gasteiger charge is -2.16. The van der Waals surface area contributed by atoms with Gasteiger partial charge in [0.1, 0.15) is 35.2 Å². The van der Waals surface area contributed by atoms with Crippen molar-refractivity contribution in [3.63, 3.8) is 0 Å². The molecule has 9 heteroatoms. The summed E-state index contributed by atoms with van der Waals surface area (Å²) < 4.78 is 20.7. The van der Waals surface area contributed by atoms with Crippen LogP contribution in [0.5, 0.6) is 5.75 Å². The van der Waals surface area contributed by atoms with E-state index in [0.717, 1.165) is 52.7 Å². The summed E-state index contributed by atoms with van der Waals surface area (Å²) in [6, 6.07) is 12.4. The fourth-order valence-electron chi connectivity index (χ4n) is 4.34. The predicted octanol–water partition coefficient (Wildman–Crippen LogP) is 4.38. The number of hydrogen-bond donors (Lipinski definition) is 2. The van der Waals surface area contributed by atoms with Crippen molar-refractivity contribution in [3.8, 4) is 11.4 Å².